The Morgan fingerprint density at radius 2 is 1.49 bits per heavy atom. The van der Waals surface area contributed by atoms with Gasteiger partial charge in [0.2, 0.25) is 11.8 Å². The number of hydrogen-bond donors (Lipinski definition) is 1. The summed E-state index contributed by atoms with van der Waals surface area (Å²) in [5.41, 5.74) is 1.44. The largest absolute Gasteiger partial charge is 0.486 e. The van der Waals surface area contributed by atoms with Crippen molar-refractivity contribution in [1.82, 2.24) is 10.2 Å². The molecular formula is C35H35Cl2N3O6S. The number of rotatable bonds is 13. The van der Waals surface area contributed by atoms with Gasteiger partial charge in [0, 0.05) is 41.2 Å². The lowest BCUT2D eigenvalue weighted by atomic mass is 10.0. The molecule has 1 aliphatic rings. The predicted molar refractivity (Wildman–Crippen MR) is 183 cm³/mol. The molecule has 0 saturated heterocycles. The molecule has 0 fully saturated rings. The number of carbonyl (C=O) groups excluding carboxylic acids is 2. The molecule has 0 bridgehead atoms. The normalized spacial score (nSPS) is 13.0. The van der Waals surface area contributed by atoms with Crippen LogP contribution in [0.15, 0.2) is 102 Å². The highest BCUT2D eigenvalue weighted by Crippen LogP contribution is 2.36. The lowest BCUT2D eigenvalue weighted by Crippen LogP contribution is -2.53. The number of nitrogens with zero attached hydrogens (tertiary/aromatic N) is 2. The van der Waals surface area contributed by atoms with Gasteiger partial charge in [-0.2, -0.15) is 0 Å². The van der Waals surface area contributed by atoms with Gasteiger partial charge < -0.3 is 19.7 Å². The van der Waals surface area contributed by atoms with E-state index >= 15 is 0 Å². The predicted octanol–water partition coefficient (Wildman–Crippen LogP) is 6.13. The zero-order chi connectivity index (χ0) is 33.4. The summed E-state index contributed by atoms with van der Waals surface area (Å²) in [5.74, 6) is -0.198. The van der Waals surface area contributed by atoms with Crippen molar-refractivity contribution in [2.75, 3.05) is 30.6 Å². The van der Waals surface area contributed by atoms with Crippen molar-refractivity contribution in [2.45, 2.75) is 37.2 Å². The number of sulfonamides is 1. The van der Waals surface area contributed by atoms with E-state index in [0.29, 0.717) is 53.3 Å². The molecule has 1 heterocycles. The SMILES string of the molecule is CCCNC(=O)[C@H](Cc1ccccc1)N(Cc1c(Cl)cccc1Cl)C(=O)CN(c1ccc2c(c1)OCCO2)S(=O)(=O)c1ccccc1. The number of halogens is 2. The van der Waals surface area contributed by atoms with Crippen LogP contribution in [-0.4, -0.2) is 57.5 Å². The molecule has 47 heavy (non-hydrogen) atoms. The van der Waals surface area contributed by atoms with Crippen LogP contribution in [0.2, 0.25) is 10.0 Å². The van der Waals surface area contributed by atoms with Crippen LogP contribution in [0.25, 0.3) is 0 Å². The molecule has 4 aromatic carbocycles. The van der Waals surface area contributed by atoms with Crippen LogP contribution in [0.5, 0.6) is 11.5 Å². The Morgan fingerprint density at radius 3 is 2.15 bits per heavy atom. The van der Waals surface area contributed by atoms with E-state index in [1.165, 1.54) is 23.1 Å². The van der Waals surface area contributed by atoms with E-state index in [2.05, 4.69) is 5.32 Å². The monoisotopic (exact) mass is 695 g/mol. The highest BCUT2D eigenvalue weighted by molar-refractivity contribution is 7.92. The standard InChI is InChI=1S/C35H35Cl2N3O6S/c1-2-18-38-35(42)31(21-25-10-5-3-6-11-25)39(23-28-29(36)14-9-15-30(28)37)34(41)24-40(47(43,44)27-12-7-4-8-13-27)26-16-17-32-33(22-26)46-20-19-45-32/h3-17,22,31H,2,18-21,23-24H2,1H3,(H,38,42)/t31-/m0/s1. The average Bonchev–Trinajstić information content (AvgIpc) is 3.09. The zero-order valence-corrected chi connectivity index (χ0v) is 28.1. The first-order chi connectivity index (χ1) is 22.7. The molecule has 9 nitrogen and oxygen atoms in total. The second-order valence-corrected chi connectivity index (χ2v) is 13.5. The highest BCUT2D eigenvalue weighted by atomic mass is 35.5. The van der Waals surface area contributed by atoms with E-state index in [1.54, 1.807) is 48.5 Å². The Morgan fingerprint density at radius 1 is 0.851 bits per heavy atom. The summed E-state index contributed by atoms with van der Waals surface area (Å²) in [5, 5.41) is 3.53. The van der Waals surface area contributed by atoms with E-state index < -0.39 is 28.5 Å². The second-order valence-electron chi connectivity index (χ2n) is 10.9. The van der Waals surface area contributed by atoms with Gasteiger partial charge in [0.15, 0.2) is 11.5 Å². The first-order valence-corrected chi connectivity index (χ1v) is 17.4. The molecule has 0 spiro atoms. The molecule has 1 N–H and O–H groups in total. The summed E-state index contributed by atoms with van der Waals surface area (Å²) < 4.78 is 40.9. The van der Waals surface area contributed by atoms with Crippen LogP contribution in [0, 0.1) is 0 Å². The molecule has 246 valence electrons. The minimum atomic E-state index is -4.28. The smallest absolute Gasteiger partial charge is 0.264 e. The van der Waals surface area contributed by atoms with Gasteiger partial charge in [-0.15, -0.1) is 0 Å². The van der Waals surface area contributed by atoms with Crippen LogP contribution in [0.1, 0.15) is 24.5 Å². The van der Waals surface area contributed by atoms with Gasteiger partial charge in [-0.1, -0.05) is 84.7 Å². The third-order valence-electron chi connectivity index (χ3n) is 7.63. The third-order valence-corrected chi connectivity index (χ3v) is 10.1. The minimum absolute atomic E-state index is 0.00934. The van der Waals surface area contributed by atoms with E-state index in [0.717, 1.165) is 9.87 Å². The number of amides is 2. The van der Waals surface area contributed by atoms with Crippen molar-refractivity contribution in [2.24, 2.45) is 0 Å². The van der Waals surface area contributed by atoms with Crippen LogP contribution in [0.4, 0.5) is 5.69 Å². The Balaban J connectivity index is 1.60. The van der Waals surface area contributed by atoms with Crippen LogP contribution in [0.3, 0.4) is 0 Å². The Hall–Kier alpha value is -4.25. The number of carbonyl (C=O) groups is 2. The average molecular weight is 697 g/mol. The summed E-state index contributed by atoms with van der Waals surface area (Å²) in [6.45, 7) is 2.20. The maximum Gasteiger partial charge on any atom is 0.264 e. The van der Waals surface area contributed by atoms with E-state index in [9.17, 15) is 18.0 Å². The van der Waals surface area contributed by atoms with Crippen LogP contribution < -0.4 is 19.1 Å². The second kappa shape index (κ2) is 15.6. The summed E-state index contributed by atoms with van der Waals surface area (Å²) in [4.78, 5) is 29.8. The van der Waals surface area contributed by atoms with E-state index in [4.69, 9.17) is 32.7 Å². The minimum Gasteiger partial charge on any atom is -0.486 e. The van der Waals surface area contributed by atoms with Gasteiger partial charge in [-0.25, -0.2) is 8.42 Å². The van der Waals surface area contributed by atoms with Gasteiger partial charge in [0.05, 0.1) is 10.6 Å². The van der Waals surface area contributed by atoms with E-state index in [-0.39, 0.29) is 29.5 Å². The molecule has 0 aromatic heterocycles. The summed E-state index contributed by atoms with van der Waals surface area (Å²) in [7, 11) is -4.28. The fourth-order valence-corrected chi connectivity index (χ4v) is 7.15. The van der Waals surface area contributed by atoms with Crippen molar-refractivity contribution in [3.63, 3.8) is 0 Å². The fraction of sp³-hybridized carbons (Fsp3) is 0.257. The van der Waals surface area contributed by atoms with Crippen molar-refractivity contribution >= 4 is 50.7 Å². The number of ether oxygens (including phenoxy) is 2. The number of nitrogens with one attached hydrogen (secondary N) is 1. The van der Waals surface area contributed by atoms with Crippen molar-refractivity contribution in [3.05, 3.63) is 118 Å². The molecule has 0 saturated carbocycles. The number of benzene rings is 4. The third kappa shape index (κ3) is 8.19. The molecule has 0 unspecified atom stereocenters. The van der Waals surface area contributed by atoms with Crippen molar-refractivity contribution < 1.29 is 27.5 Å². The molecule has 4 aromatic rings. The van der Waals surface area contributed by atoms with Gasteiger partial charge >= 0.3 is 0 Å². The summed E-state index contributed by atoms with van der Waals surface area (Å²) in [6.07, 6.45) is 0.848. The lowest BCUT2D eigenvalue weighted by molar-refractivity contribution is -0.140. The Labute approximate surface area is 285 Å². The van der Waals surface area contributed by atoms with Crippen molar-refractivity contribution in [3.8, 4) is 11.5 Å². The Kier molecular flexibility index (Phi) is 11.3. The van der Waals surface area contributed by atoms with Crippen molar-refractivity contribution in [1.29, 1.82) is 0 Å². The maximum atomic E-state index is 14.6. The van der Waals surface area contributed by atoms with E-state index in [1.807, 2.05) is 37.3 Å². The fourth-order valence-electron chi connectivity index (χ4n) is 5.21. The molecule has 1 aliphatic heterocycles. The molecule has 1 atom stereocenters. The summed E-state index contributed by atoms with van der Waals surface area (Å²) >= 11 is 13.1. The van der Waals surface area contributed by atoms with Gasteiger partial charge in [0.25, 0.3) is 10.0 Å². The van der Waals surface area contributed by atoms with Gasteiger partial charge in [-0.05, 0) is 48.4 Å². The molecule has 0 aliphatic carbocycles. The maximum absolute atomic E-state index is 14.6. The molecule has 12 heteroatoms. The zero-order valence-electron chi connectivity index (χ0n) is 25.8. The first-order valence-electron chi connectivity index (χ1n) is 15.2. The molecular weight excluding hydrogens is 661 g/mol. The topological polar surface area (TPSA) is 105 Å². The first kappa shape index (κ1) is 34.1. The quantitative estimate of drug-likeness (QED) is 0.181. The molecule has 0 radical (unpaired) electrons. The van der Waals surface area contributed by atoms with Crippen LogP contribution >= 0.6 is 23.2 Å². The summed E-state index contributed by atoms with van der Waals surface area (Å²) in [6, 6.07) is 25.8. The molecule has 5 rings (SSSR count). The van der Waals surface area contributed by atoms with Gasteiger partial charge in [0.1, 0.15) is 25.8 Å². The highest BCUT2D eigenvalue weighted by Gasteiger charge is 2.35. The number of fused-ring (bicyclic) bond motifs is 1. The number of anilines is 1. The van der Waals surface area contributed by atoms with Gasteiger partial charge in [-0.3, -0.25) is 13.9 Å². The van der Waals surface area contributed by atoms with Crippen LogP contribution in [-0.2, 0) is 32.6 Å². The molecule has 2 amide bonds. The Bertz CT molecular complexity index is 1790. The lowest BCUT2D eigenvalue weighted by Gasteiger charge is -2.34. The number of hydrogen-bond acceptors (Lipinski definition) is 6.